The van der Waals surface area contributed by atoms with Crippen LogP contribution in [0.25, 0.3) is 0 Å². The molecule has 0 N–H and O–H groups in total. The molecule has 1 aliphatic heterocycles. The summed E-state index contributed by atoms with van der Waals surface area (Å²) in [6.45, 7) is 3.50. The number of aromatic nitrogens is 3. The van der Waals surface area contributed by atoms with Crippen LogP contribution in [0.2, 0.25) is 0 Å². The fraction of sp³-hybridized carbons (Fsp3) is 0.625. The highest BCUT2D eigenvalue weighted by Gasteiger charge is 2.23. The van der Waals surface area contributed by atoms with Crippen molar-refractivity contribution in [3.63, 3.8) is 0 Å². The van der Waals surface area contributed by atoms with Crippen LogP contribution in [0.5, 0.6) is 0 Å². The Balaban J connectivity index is 2.07. The quantitative estimate of drug-likeness (QED) is 0.601. The number of nitrogens with zero attached hydrogens (tertiary/aromatic N) is 4. The number of carbonyl (C=O) groups is 1. The summed E-state index contributed by atoms with van der Waals surface area (Å²) in [6, 6.07) is 0.311. The van der Waals surface area contributed by atoms with Crippen LogP contribution in [0.15, 0.2) is 6.20 Å². The molecule has 5 nitrogen and oxygen atoms in total. The van der Waals surface area contributed by atoms with Gasteiger partial charge in [0.2, 0.25) is 6.41 Å². The van der Waals surface area contributed by atoms with Gasteiger partial charge < -0.3 is 4.90 Å². The number of likely N-dealkylation sites (tertiary alicyclic amines) is 1. The van der Waals surface area contributed by atoms with E-state index in [4.69, 9.17) is 0 Å². The molecule has 1 fully saturated rings. The molecule has 1 unspecified atom stereocenters. The number of hydrogen-bond donors (Lipinski definition) is 0. The molecular formula is C8H12N4O. The summed E-state index contributed by atoms with van der Waals surface area (Å²) in [7, 11) is 0. The van der Waals surface area contributed by atoms with Crippen molar-refractivity contribution >= 4 is 6.41 Å². The van der Waals surface area contributed by atoms with Crippen molar-refractivity contribution in [2.75, 3.05) is 13.1 Å². The molecule has 1 aromatic rings. The Kier molecular flexibility index (Phi) is 2.00. The standard InChI is InChI=1S/C8H12N4O/c1-7-4-12(10-9-7)8-2-3-11(5-8)6-13/h4,6,8H,2-3,5H2,1H3. The minimum Gasteiger partial charge on any atom is -0.343 e. The average molecular weight is 180 g/mol. The Morgan fingerprint density at radius 1 is 1.69 bits per heavy atom. The van der Waals surface area contributed by atoms with Crippen molar-refractivity contribution in [3.05, 3.63) is 11.9 Å². The van der Waals surface area contributed by atoms with E-state index >= 15 is 0 Å². The predicted octanol–water partition coefficient (Wildman–Crippen LogP) is -0.0103. The first-order chi connectivity index (χ1) is 6.29. The van der Waals surface area contributed by atoms with E-state index in [1.54, 1.807) is 4.90 Å². The second-order valence-electron chi connectivity index (χ2n) is 3.38. The maximum Gasteiger partial charge on any atom is 0.209 e. The van der Waals surface area contributed by atoms with Crippen LogP contribution >= 0.6 is 0 Å². The molecule has 70 valence electrons. The minimum absolute atomic E-state index is 0.311. The molecule has 1 aliphatic rings. The third-order valence-corrected chi connectivity index (χ3v) is 2.34. The highest BCUT2D eigenvalue weighted by Crippen LogP contribution is 2.18. The largest absolute Gasteiger partial charge is 0.343 e. The van der Waals surface area contributed by atoms with E-state index in [0.717, 1.165) is 31.6 Å². The smallest absolute Gasteiger partial charge is 0.209 e. The maximum absolute atomic E-state index is 10.5. The number of amides is 1. The molecule has 0 radical (unpaired) electrons. The highest BCUT2D eigenvalue weighted by molar-refractivity contribution is 5.47. The van der Waals surface area contributed by atoms with E-state index in [9.17, 15) is 4.79 Å². The molecule has 2 rings (SSSR count). The third kappa shape index (κ3) is 1.54. The summed E-state index contributed by atoms with van der Waals surface area (Å²) in [5.41, 5.74) is 0.921. The van der Waals surface area contributed by atoms with Crippen LogP contribution in [0.3, 0.4) is 0 Å². The number of rotatable bonds is 2. The van der Waals surface area contributed by atoms with Gasteiger partial charge in [-0.3, -0.25) is 4.79 Å². The summed E-state index contributed by atoms with van der Waals surface area (Å²) in [4.78, 5) is 12.2. The lowest BCUT2D eigenvalue weighted by Gasteiger charge is -2.09. The monoisotopic (exact) mass is 180 g/mol. The highest BCUT2D eigenvalue weighted by atomic mass is 16.1. The molecule has 2 heterocycles. The van der Waals surface area contributed by atoms with Gasteiger partial charge in [0.05, 0.1) is 11.7 Å². The van der Waals surface area contributed by atoms with Crippen LogP contribution in [-0.4, -0.2) is 39.4 Å². The lowest BCUT2D eigenvalue weighted by molar-refractivity contribution is -0.117. The molecule has 0 aliphatic carbocycles. The van der Waals surface area contributed by atoms with Gasteiger partial charge in [-0.25, -0.2) is 4.68 Å². The van der Waals surface area contributed by atoms with Gasteiger partial charge in [0.1, 0.15) is 0 Å². The van der Waals surface area contributed by atoms with Gasteiger partial charge >= 0.3 is 0 Å². The summed E-state index contributed by atoms with van der Waals surface area (Å²) < 4.78 is 1.85. The first kappa shape index (κ1) is 8.22. The zero-order valence-corrected chi connectivity index (χ0v) is 7.55. The lowest BCUT2D eigenvalue weighted by atomic mass is 10.3. The zero-order valence-electron chi connectivity index (χ0n) is 7.55. The second kappa shape index (κ2) is 3.16. The minimum atomic E-state index is 0.311. The number of aryl methyl sites for hydroxylation is 1. The van der Waals surface area contributed by atoms with Crippen molar-refractivity contribution in [2.24, 2.45) is 0 Å². The molecule has 1 aromatic heterocycles. The molecule has 0 bridgehead atoms. The number of hydrogen-bond acceptors (Lipinski definition) is 3. The topological polar surface area (TPSA) is 51.0 Å². The van der Waals surface area contributed by atoms with Crippen LogP contribution in [0.1, 0.15) is 18.2 Å². The molecule has 0 saturated carbocycles. The molecule has 5 heteroatoms. The fourth-order valence-corrected chi connectivity index (χ4v) is 1.62. The van der Waals surface area contributed by atoms with Gasteiger partial charge in [0.25, 0.3) is 0 Å². The van der Waals surface area contributed by atoms with Gasteiger partial charge in [-0.2, -0.15) is 0 Å². The van der Waals surface area contributed by atoms with Crippen molar-refractivity contribution in [2.45, 2.75) is 19.4 Å². The van der Waals surface area contributed by atoms with Crippen LogP contribution in [-0.2, 0) is 4.79 Å². The van der Waals surface area contributed by atoms with E-state index in [-0.39, 0.29) is 0 Å². The van der Waals surface area contributed by atoms with Gasteiger partial charge in [-0.15, -0.1) is 5.10 Å². The van der Waals surface area contributed by atoms with E-state index < -0.39 is 0 Å². The summed E-state index contributed by atoms with van der Waals surface area (Å²) in [6.07, 6.45) is 3.78. The molecular weight excluding hydrogens is 168 g/mol. The molecule has 0 spiro atoms. The van der Waals surface area contributed by atoms with Crippen molar-refractivity contribution in [3.8, 4) is 0 Å². The Morgan fingerprint density at radius 2 is 2.54 bits per heavy atom. The molecule has 13 heavy (non-hydrogen) atoms. The van der Waals surface area contributed by atoms with Gasteiger partial charge in [-0.1, -0.05) is 5.21 Å². The normalized spacial score (nSPS) is 22.2. The number of carbonyl (C=O) groups excluding carboxylic acids is 1. The van der Waals surface area contributed by atoms with E-state index in [2.05, 4.69) is 10.3 Å². The predicted molar refractivity (Wildman–Crippen MR) is 46.1 cm³/mol. The van der Waals surface area contributed by atoms with Gasteiger partial charge in [-0.05, 0) is 13.3 Å². The Morgan fingerprint density at radius 3 is 3.08 bits per heavy atom. The van der Waals surface area contributed by atoms with Crippen LogP contribution < -0.4 is 0 Å². The van der Waals surface area contributed by atoms with Crippen LogP contribution in [0.4, 0.5) is 0 Å². The third-order valence-electron chi connectivity index (χ3n) is 2.34. The Hall–Kier alpha value is -1.39. The second-order valence-corrected chi connectivity index (χ2v) is 3.38. The van der Waals surface area contributed by atoms with Crippen molar-refractivity contribution in [1.29, 1.82) is 0 Å². The van der Waals surface area contributed by atoms with Crippen molar-refractivity contribution in [1.82, 2.24) is 19.9 Å². The fourth-order valence-electron chi connectivity index (χ4n) is 1.62. The van der Waals surface area contributed by atoms with E-state index in [1.807, 2.05) is 17.8 Å². The molecule has 1 saturated heterocycles. The Labute approximate surface area is 76.3 Å². The van der Waals surface area contributed by atoms with E-state index in [1.165, 1.54) is 0 Å². The van der Waals surface area contributed by atoms with Gasteiger partial charge in [0.15, 0.2) is 0 Å². The van der Waals surface area contributed by atoms with E-state index in [0.29, 0.717) is 6.04 Å². The SMILES string of the molecule is Cc1cn(C2CCN(C=O)C2)nn1. The first-order valence-corrected chi connectivity index (χ1v) is 4.37. The zero-order chi connectivity index (χ0) is 9.26. The maximum atomic E-state index is 10.5. The van der Waals surface area contributed by atoms with Crippen molar-refractivity contribution < 1.29 is 4.79 Å². The van der Waals surface area contributed by atoms with Crippen LogP contribution in [0, 0.1) is 6.92 Å². The summed E-state index contributed by atoms with van der Waals surface area (Å²) in [5.74, 6) is 0. The molecule has 1 atom stereocenters. The Bertz CT molecular complexity index is 309. The molecule has 1 amide bonds. The lowest BCUT2D eigenvalue weighted by Crippen LogP contribution is -2.19. The summed E-state index contributed by atoms with van der Waals surface area (Å²) in [5, 5.41) is 7.91. The molecule has 0 aromatic carbocycles. The van der Waals surface area contributed by atoms with Gasteiger partial charge in [0, 0.05) is 19.3 Å². The first-order valence-electron chi connectivity index (χ1n) is 4.37. The summed E-state index contributed by atoms with van der Waals surface area (Å²) >= 11 is 0. The average Bonchev–Trinajstić information content (AvgIpc) is 2.71.